The molecule has 0 saturated carbocycles. The first kappa shape index (κ1) is 20.4. The Morgan fingerprint density at radius 2 is 1.96 bits per heavy atom. The summed E-state index contributed by atoms with van der Waals surface area (Å²) in [5, 5.41) is 11.9. The van der Waals surface area contributed by atoms with Gasteiger partial charge in [-0.1, -0.05) is 26.3 Å². The van der Waals surface area contributed by atoms with Crippen LogP contribution in [0.3, 0.4) is 0 Å². The van der Waals surface area contributed by atoms with Crippen molar-refractivity contribution in [3.05, 3.63) is 46.9 Å². The van der Waals surface area contributed by atoms with Gasteiger partial charge in [0.2, 0.25) is 0 Å². The molecule has 1 aromatic heterocycles. The van der Waals surface area contributed by atoms with Crippen LogP contribution >= 0.6 is 0 Å². The number of aromatic carboxylic acids is 1. The molecule has 0 fully saturated rings. The number of rotatable bonds is 10. The minimum Gasteiger partial charge on any atom is -0.493 e. The molecular weight excluding hydrogens is 350 g/mol. The molecule has 7 nitrogen and oxygen atoms in total. The highest BCUT2D eigenvalue weighted by Gasteiger charge is 2.20. The maximum absolute atomic E-state index is 12.3. The van der Waals surface area contributed by atoms with E-state index in [0.29, 0.717) is 24.5 Å². The summed E-state index contributed by atoms with van der Waals surface area (Å²) in [6.45, 7) is 4.72. The molecule has 0 aliphatic carbocycles. The van der Waals surface area contributed by atoms with Crippen LogP contribution in [0.1, 0.15) is 58.9 Å². The standard InChI is InChI=1S/C20H25NO6/c1-4-6-9-26-16-8-7-13(10-17(16)25-3)12-21-19(22)18-11-14(20(23)24)15(5-2)27-18/h7-8,10-11H,4-6,9,12H2,1-3H3,(H,21,22)(H,23,24). The van der Waals surface area contributed by atoms with Gasteiger partial charge in [0.1, 0.15) is 11.3 Å². The zero-order chi connectivity index (χ0) is 19.8. The fourth-order valence-electron chi connectivity index (χ4n) is 2.52. The summed E-state index contributed by atoms with van der Waals surface area (Å²) in [5.74, 6) is -0.0702. The Hall–Kier alpha value is -2.96. The molecule has 0 saturated heterocycles. The van der Waals surface area contributed by atoms with Crippen molar-refractivity contribution in [3.63, 3.8) is 0 Å². The van der Waals surface area contributed by atoms with Gasteiger partial charge in [-0.15, -0.1) is 0 Å². The van der Waals surface area contributed by atoms with Crippen LogP contribution in [0, 0.1) is 0 Å². The first-order chi connectivity index (χ1) is 13.0. The predicted octanol–water partition coefficient (Wildman–Crippen LogP) is 3.66. The lowest BCUT2D eigenvalue weighted by molar-refractivity contribution is 0.0694. The van der Waals surface area contributed by atoms with Gasteiger partial charge in [-0.05, 0) is 24.1 Å². The number of ether oxygens (including phenoxy) is 2. The molecule has 2 aromatic rings. The third-order valence-electron chi connectivity index (χ3n) is 4.02. The summed E-state index contributed by atoms with van der Waals surface area (Å²) >= 11 is 0. The van der Waals surface area contributed by atoms with Gasteiger partial charge in [0.25, 0.3) is 5.91 Å². The summed E-state index contributed by atoms with van der Waals surface area (Å²) in [7, 11) is 1.56. The number of nitrogens with one attached hydrogen (secondary N) is 1. The second kappa shape index (κ2) is 9.66. The van der Waals surface area contributed by atoms with Crippen molar-refractivity contribution in [2.24, 2.45) is 0 Å². The molecule has 0 radical (unpaired) electrons. The molecule has 0 unspecified atom stereocenters. The zero-order valence-corrected chi connectivity index (χ0v) is 15.8. The Morgan fingerprint density at radius 3 is 2.56 bits per heavy atom. The molecule has 0 atom stereocenters. The lowest BCUT2D eigenvalue weighted by atomic mass is 10.2. The lowest BCUT2D eigenvalue weighted by Crippen LogP contribution is -2.22. The van der Waals surface area contributed by atoms with Crippen LogP contribution in [0.5, 0.6) is 11.5 Å². The molecule has 146 valence electrons. The molecule has 2 rings (SSSR count). The maximum atomic E-state index is 12.3. The number of unbranched alkanes of at least 4 members (excludes halogenated alkanes) is 1. The van der Waals surface area contributed by atoms with E-state index < -0.39 is 11.9 Å². The Morgan fingerprint density at radius 1 is 1.19 bits per heavy atom. The number of hydrogen-bond acceptors (Lipinski definition) is 5. The van der Waals surface area contributed by atoms with Crippen LogP contribution in [0.15, 0.2) is 28.7 Å². The molecule has 0 bridgehead atoms. The van der Waals surface area contributed by atoms with Crippen LogP contribution in [0.25, 0.3) is 0 Å². The smallest absolute Gasteiger partial charge is 0.339 e. The average molecular weight is 375 g/mol. The Kier molecular flexibility index (Phi) is 7.28. The molecule has 0 aliphatic heterocycles. The van der Waals surface area contributed by atoms with Gasteiger partial charge in [0.05, 0.1) is 13.7 Å². The lowest BCUT2D eigenvalue weighted by Gasteiger charge is -2.12. The topological polar surface area (TPSA) is 98.0 Å². The predicted molar refractivity (Wildman–Crippen MR) is 99.6 cm³/mol. The zero-order valence-electron chi connectivity index (χ0n) is 15.8. The highest BCUT2D eigenvalue weighted by Crippen LogP contribution is 2.28. The Balaban J connectivity index is 2.03. The van der Waals surface area contributed by atoms with Crippen molar-refractivity contribution < 1.29 is 28.6 Å². The number of hydrogen-bond donors (Lipinski definition) is 2. The van der Waals surface area contributed by atoms with Crippen LogP contribution < -0.4 is 14.8 Å². The minimum absolute atomic E-state index is 0.0119. The van der Waals surface area contributed by atoms with E-state index >= 15 is 0 Å². The second-order valence-corrected chi connectivity index (χ2v) is 5.98. The van der Waals surface area contributed by atoms with Gasteiger partial charge >= 0.3 is 5.97 Å². The van der Waals surface area contributed by atoms with E-state index in [0.717, 1.165) is 18.4 Å². The van der Waals surface area contributed by atoms with Crippen molar-refractivity contribution >= 4 is 11.9 Å². The molecule has 2 N–H and O–H groups in total. The average Bonchev–Trinajstić information content (AvgIpc) is 3.11. The molecular formula is C20H25NO6. The number of furan rings is 1. The van der Waals surface area contributed by atoms with Crippen LogP contribution in [0.4, 0.5) is 0 Å². The number of carbonyl (C=O) groups excluding carboxylic acids is 1. The van der Waals surface area contributed by atoms with E-state index in [9.17, 15) is 9.59 Å². The van der Waals surface area contributed by atoms with Crippen molar-refractivity contribution in [1.29, 1.82) is 0 Å². The molecule has 1 heterocycles. The minimum atomic E-state index is -1.11. The van der Waals surface area contributed by atoms with Gasteiger partial charge < -0.3 is 24.3 Å². The van der Waals surface area contributed by atoms with Crippen LogP contribution in [-0.2, 0) is 13.0 Å². The Bertz CT molecular complexity index is 796. The van der Waals surface area contributed by atoms with Gasteiger partial charge in [0.15, 0.2) is 17.3 Å². The van der Waals surface area contributed by atoms with Crippen molar-refractivity contribution in [2.75, 3.05) is 13.7 Å². The van der Waals surface area contributed by atoms with E-state index in [1.807, 2.05) is 6.07 Å². The summed E-state index contributed by atoms with van der Waals surface area (Å²) in [6.07, 6.45) is 2.40. The van der Waals surface area contributed by atoms with E-state index in [-0.39, 0.29) is 23.6 Å². The number of amides is 1. The fraction of sp³-hybridized carbons (Fsp3) is 0.400. The quantitative estimate of drug-likeness (QED) is 0.615. The van der Waals surface area contributed by atoms with Crippen LogP contribution in [0.2, 0.25) is 0 Å². The third kappa shape index (κ3) is 5.26. The number of carboxylic acid groups (broad SMARTS) is 1. The number of carboxylic acids is 1. The van der Waals surface area contributed by atoms with E-state index in [4.69, 9.17) is 19.0 Å². The van der Waals surface area contributed by atoms with Crippen molar-refractivity contribution in [2.45, 2.75) is 39.7 Å². The molecule has 0 aliphatic rings. The number of carbonyl (C=O) groups is 2. The number of aryl methyl sites for hydroxylation is 1. The third-order valence-corrected chi connectivity index (χ3v) is 4.02. The van der Waals surface area contributed by atoms with E-state index in [2.05, 4.69) is 12.2 Å². The molecule has 7 heteroatoms. The van der Waals surface area contributed by atoms with E-state index in [1.165, 1.54) is 6.07 Å². The highest BCUT2D eigenvalue weighted by molar-refractivity contribution is 5.96. The molecule has 0 spiro atoms. The van der Waals surface area contributed by atoms with Gasteiger partial charge in [-0.3, -0.25) is 4.79 Å². The first-order valence-electron chi connectivity index (χ1n) is 8.94. The number of methoxy groups -OCH3 is 1. The maximum Gasteiger partial charge on any atom is 0.339 e. The highest BCUT2D eigenvalue weighted by atomic mass is 16.5. The fourth-order valence-corrected chi connectivity index (χ4v) is 2.52. The SMILES string of the molecule is CCCCOc1ccc(CNC(=O)c2cc(C(=O)O)c(CC)o2)cc1OC. The van der Waals surface area contributed by atoms with Gasteiger partial charge in [-0.25, -0.2) is 4.79 Å². The molecule has 27 heavy (non-hydrogen) atoms. The number of benzene rings is 1. The van der Waals surface area contributed by atoms with Gasteiger partial charge in [0, 0.05) is 19.0 Å². The summed E-state index contributed by atoms with van der Waals surface area (Å²) in [6, 6.07) is 6.69. The summed E-state index contributed by atoms with van der Waals surface area (Å²) in [4.78, 5) is 23.4. The summed E-state index contributed by atoms with van der Waals surface area (Å²) < 4.78 is 16.4. The van der Waals surface area contributed by atoms with Gasteiger partial charge in [-0.2, -0.15) is 0 Å². The Labute approximate surface area is 158 Å². The van der Waals surface area contributed by atoms with Crippen molar-refractivity contribution in [1.82, 2.24) is 5.32 Å². The molecule has 1 aromatic carbocycles. The van der Waals surface area contributed by atoms with Crippen LogP contribution in [-0.4, -0.2) is 30.7 Å². The van der Waals surface area contributed by atoms with Crippen molar-refractivity contribution in [3.8, 4) is 11.5 Å². The summed E-state index contributed by atoms with van der Waals surface area (Å²) in [5.41, 5.74) is 0.835. The molecule has 1 amide bonds. The largest absolute Gasteiger partial charge is 0.493 e. The second-order valence-electron chi connectivity index (χ2n) is 5.98. The normalized spacial score (nSPS) is 10.5. The van der Waals surface area contributed by atoms with E-state index in [1.54, 1.807) is 26.2 Å². The first-order valence-corrected chi connectivity index (χ1v) is 8.94. The monoisotopic (exact) mass is 375 g/mol.